The molecule has 0 aliphatic carbocycles. The zero-order valence-corrected chi connectivity index (χ0v) is 13.2. The lowest BCUT2D eigenvalue weighted by Crippen LogP contribution is -2.38. The largest absolute Gasteiger partial charge is 0.491 e. The van der Waals surface area contributed by atoms with Gasteiger partial charge in [-0.1, -0.05) is 25.0 Å². The number of guanidine groups is 1. The van der Waals surface area contributed by atoms with Gasteiger partial charge >= 0.3 is 0 Å². The number of rotatable bonds is 4. The molecule has 0 unspecified atom stereocenters. The Morgan fingerprint density at radius 3 is 2.33 bits per heavy atom. The van der Waals surface area contributed by atoms with Crippen LogP contribution < -0.4 is 10.5 Å². The molecule has 1 aliphatic rings. The Labute approximate surface area is 128 Å². The monoisotopic (exact) mass is 289 g/mol. The molecule has 1 aromatic rings. The topological polar surface area (TPSA) is 50.9 Å². The number of likely N-dealkylation sites (tertiary alicyclic amines) is 1. The molecular formula is C17H27N3O. The number of ether oxygens (including phenoxy) is 1. The van der Waals surface area contributed by atoms with E-state index in [0.29, 0.717) is 12.5 Å². The van der Waals surface area contributed by atoms with Crippen LogP contribution in [0, 0.1) is 0 Å². The van der Waals surface area contributed by atoms with Gasteiger partial charge in [-0.25, -0.2) is 4.99 Å². The molecule has 0 radical (unpaired) electrons. The molecule has 1 fully saturated rings. The Kier molecular flexibility index (Phi) is 5.90. The smallest absolute Gasteiger partial charge is 0.191 e. The second-order valence-electron chi connectivity index (χ2n) is 5.89. The maximum absolute atomic E-state index is 6.11. The van der Waals surface area contributed by atoms with E-state index in [1.54, 1.807) is 0 Å². The first-order valence-electron chi connectivity index (χ1n) is 7.95. The predicted octanol–water partition coefficient (Wildman–Crippen LogP) is 3.16. The highest BCUT2D eigenvalue weighted by atomic mass is 16.5. The summed E-state index contributed by atoms with van der Waals surface area (Å²) in [6.45, 7) is 6.76. The molecule has 1 aliphatic heterocycles. The maximum atomic E-state index is 6.11. The Hall–Kier alpha value is -1.71. The van der Waals surface area contributed by atoms with E-state index in [9.17, 15) is 0 Å². The van der Waals surface area contributed by atoms with Crippen LogP contribution >= 0.6 is 0 Å². The fourth-order valence-electron chi connectivity index (χ4n) is 2.52. The molecule has 1 saturated heterocycles. The summed E-state index contributed by atoms with van der Waals surface area (Å²) in [7, 11) is 0. The molecule has 116 valence electrons. The third-order valence-corrected chi connectivity index (χ3v) is 3.65. The number of aliphatic imine (C=N–C) groups is 1. The molecule has 4 nitrogen and oxygen atoms in total. The van der Waals surface area contributed by atoms with Crippen molar-refractivity contribution < 1.29 is 4.74 Å². The van der Waals surface area contributed by atoms with E-state index in [1.165, 1.54) is 25.7 Å². The summed E-state index contributed by atoms with van der Waals surface area (Å²) in [6.07, 6.45) is 5.25. The quantitative estimate of drug-likeness (QED) is 0.684. The molecule has 4 heteroatoms. The first kappa shape index (κ1) is 15.7. The minimum absolute atomic E-state index is 0.201. The molecule has 0 atom stereocenters. The predicted molar refractivity (Wildman–Crippen MR) is 87.6 cm³/mol. The van der Waals surface area contributed by atoms with Crippen molar-refractivity contribution in [1.82, 2.24) is 4.90 Å². The molecule has 0 spiro atoms. The van der Waals surface area contributed by atoms with E-state index in [-0.39, 0.29) is 6.10 Å². The maximum Gasteiger partial charge on any atom is 0.191 e. The summed E-state index contributed by atoms with van der Waals surface area (Å²) in [6, 6.07) is 8.09. The molecule has 2 rings (SSSR count). The van der Waals surface area contributed by atoms with Gasteiger partial charge in [0, 0.05) is 13.1 Å². The van der Waals surface area contributed by atoms with Crippen LogP contribution in [0.4, 0.5) is 0 Å². The van der Waals surface area contributed by atoms with Gasteiger partial charge in [-0.15, -0.1) is 0 Å². The fraction of sp³-hybridized carbons (Fsp3) is 0.588. The van der Waals surface area contributed by atoms with Gasteiger partial charge in [-0.05, 0) is 44.4 Å². The Balaban J connectivity index is 1.89. The van der Waals surface area contributed by atoms with Crippen LogP contribution in [0.25, 0.3) is 0 Å². The average molecular weight is 289 g/mol. The van der Waals surface area contributed by atoms with Crippen molar-refractivity contribution in [3.05, 3.63) is 29.8 Å². The van der Waals surface area contributed by atoms with Gasteiger partial charge in [-0.2, -0.15) is 0 Å². The van der Waals surface area contributed by atoms with Gasteiger partial charge in [0.25, 0.3) is 0 Å². The average Bonchev–Trinajstić information content (AvgIpc) is 2.75. The second-order valence-corrected chi connectivity index (χ2v) is 5.89. The third-order valence-electron chi connectivity index (χ3n) is 3.65. The Morgan fingerprint density at radius 1 is 1.14 bits per heavy atom. The summed E-state index contributed by atoms with van der Waals surface area (Å²) in [5.41, 5.74) is 7.27. The van der Waals surface area contributed by atoms with Crippen LogP contribution in [-0.2, 0) is 6.54 Å². The molecule has 21 heavy (non-hydrogen) atoms. The van der Waals surface area contributed by atoms with Crippen molar-refractivity contribution in [2.75, 3.05) is 13.1 Å². The minimum atomic E-state index is 0.201. The van der Waals surface area contributed by atoms with E-state index in [4.69, 9.17) is 10.5 Å². The van der Waals surface area contributed by atoms with E-state index in [1.807, 2.05) is 26.0 Å². The van der Waals surface area contributed by atoms with Gasteiger partial charge in [0.1, 0.15) is 5.75 Å². The number of hydrogen-bond acceptors (Lipinski definition) is 2. The van der Waals surface area contributed by atoms with Crippen LogP contribution in [0.2, 0.25) is 0 Å². The van der Waals surface area contributed by atoms with Crippen molar-refractivity contribution in [3.8, 4) is 5.75 Å². The summed E-state index contributed by atoms with van der Waals surface area (Å²) < 4.78 is 5.64. The highest BCUT2D eigenvalue weighted by Crippen LogP contribution is 2.15. The summed E-state index contributed by atoms with van der Waals surface area (Å²) in [5.74, 6) is 1.58. The molecule has 1 aromatic carbocycles. The third kappa shape index (κ3) is 5.29. The molecule has 2 N–H and O–H groups in total. The van der Waals surface area contributed by atoms with Crippen molar-refractivity contribution in [3.63, 3.8) is 0 Å². The van der Waals surface area contributed by atoms with E-state index < -0.39 is 0 Å². The SMILES string of the molecule is CC(C)Oc1ccc(CN=C(N)N2CCCCCC2)cc1. The molecule has 1 heterocycles. The highest BCUT2D eigenvalue weighted by molar-refractivity contribution is 5.78. The lowest BCUT2D eigenvalue weighted by Gasteiger charge is -2.21. The van der Waals surface area contributed by atoms with Crippen LogP contribution in [0.15, 0.2) is 29.3 Å². The number of nitrogens with zero attached hydrogens (tertiary/aromatic N) is 2. The number of benzene rings is 1. The fourth-order valence-corrected chi connectivity index (χ4v) is 2.52. The molecule has 0 amide bonds. The minimum Gasteiger partial charge on any atom is -0.491 e. The van der Waals surface area contributed by atoms with Crippen molar-refractivity contribution in [1.29, 1.82) is 0 Å². The summed E-state index contributed by atoms with van der Waals surface area (Å²) >= 11 is 0. The number of hydrogen-bond donors (Lipinski definition) is 1. The molecule has 0 saturated carbocycles. The van der Waals surface area contributed by atoms with Gasteiger partial charge in [0.05, 0.1) is 12.6 Å². The van der Waals surface area contributed by atoms with Gasteiger partial charge in [0.15, 0.2) is 5.96 Å². The summed E-state index contributed by atoms with van der Waals surface area (Å²) in [4.78, 5) is 6.74. The number of nitrogens with two attached hydrogens (primary N) is 1. The van der Waals surface area contributed by atoms with E-state index in [0.717, 1.165) is 24.4 Å². The van der Waals surface area contributed by atoms with Crippen molar-refractivity contribution in [2.24, 2.45) is 10.7 Å². The Morgan fingerprint density at radius 2 is 1.76 bits per heavy atom. The van der Waals surface area contributed by atoms with Crippen molar-refractivity contribution in [2.45, 2.75) is 52.2 Å². The Bertz CT molecular complexity index is 446. The standard InChI is InChI=1S/C17H27N3O/c1-14(2)21-16-9-7-15(8-10-16)13-19-17(18)20-11-5-3-4-6-12-20/h7-10,14H,3-6,11-13H2,1-2H3,(H2,18,19). The van der Waals surface area contributed by atoms with Gasteiger partial charge < -0.3 is 15.4 Å². The summed E-state index contributed by atoms with van der Waals surface area (Å²) in [5, 5.41) is 0. The van der Waals surface area contributed by atoms with Gasteiger partial charge in [0.2, 0.25) is 0 Å². The first-order valence-corrected chi connectivity index (χ1v) is 7.95. The zero-order valence-electron chi connectivity index (χ0n) is 13.2. The molecule has 0 aromatic heterocycles. The molecular weight excluding hydrogens is 262 g/mol. The van der Waals surface area contributed by atoms with E-state index >= 15 is 0 Å². The zero-order chi connectivity index (χ0) is 15.1. The van der Waals surface area contributed by atoms with E-state index in [2.05, 4.69) is 22.0 Å². The lowest BCUT2D eigenvalue weighted by atomic mass is 10.2. The van der Waals surface area contributed by atoms with Crippen LogP contribution in [-0.4, -0.2) is 30.1 Å². The molecule has 0 bridgehead atoms. The van der Waals surface area contributed by atoms with Crippen LogP contribution in [0.3, 0.4) is 0 Å². The lowest BCUT2D eigenvalue weighted by molar-refractivity contribution is 0.242. The van der Waals surface area contributed by atoms with Crippen LogP contribution in [0.5, 0.6) is 5.75 Å². The second kappa shape index (κ2) is 7.91. The highest BCUT2D eigenvalue weighted by Gasteiger charge is 2.10. The van der Waals surface area contributed by atoms with Gasteiger partial charge in [-0.3, -0.25) is 0 Å². The normalized spacial score (nSPS) is 16.9. The van der Waals surface area contributed by atoms with Crippen molar-refractivity contribution >= 4 is 5.96 Å². The first-order chi connectivity index (χ1) is 10.1. The van der Waals surface area contributed by atoms with Crippen LogP contribution in [0.1, 0.15) is 45.1 Å².